The molecule has 0 N–H and O–H groups in total. The molecule has 2 nitrogen and oxygen atoms in total. The van der Waals surface area contributed by atoms with Gasteiger partial charge in [0, 0.05) is 51.1 Å². The number of hydrogen-bond acceptors (Lipinski definition) is 2. The normalized spacial score (nSPS) is 18.0. The van der Waals surface area contributed by atoms with Gasteiger partial charge in [0.1, 0.15) is 0 Å². The van der Waals surface area contributed by atoms with Crippen LogP contribution in [-0.2, 0) is 5.41 Å². The lowest BCUT2D eigenvalue weighted by molar-refractivity contribution is 0.612. The van der Waals surface area contributed by atoms with E-state index in [1.54, 1.807) is 0 Å². The number of para-hydroxylation sites is 2. The van der Waals surface area contributed by atoms with Crippen LogP contribution in [0.1, 0.15) is 25.0 Å². The van der Waals surface area contributed by atoms with Crippen molar-refractivity contribution in [3.05, 3.63) is 199 Å². The highest BCUT2D eigenvalue weighted by atomic mass is 15.2. The Labute approximate surface area is 289 Å². The molecule has 0 amide bonds. The van der Waals surface area contributed by atoms with Gasteiger partial charge in [-0.05, 0) is 88.3 Å². The van der Waals surface area contributed by atoms with Crippen molar-refractivity contribution in [1.82, 2.24) is 0 Å². The zero-order chi connectivity index (χ0) is 33.0. The molecule has 9 rings (SSSR count). The molecule has 2 atom stereocenters. The lowest BCUT2D eigenvalue weighted by Gasteiger charge is -2.36. The van der Waals surface area contributed by atoms with E-state index in [9.17, 15) is 0 Å². The molecular weight excluding hydrogens is 593 g/mol. The van der Waals surface area contributed by atoms with Gasteiger partial charge in [0.05, 0.1) is 5.69 Å². The number of anilines is 5. The summed E-state index contributed by atoms with van der Waals surface area (Å²) in [5.74, 6) is 0.647. The summed E-state index contributed by atoms with van der Waals surface area (Å²) < 4.78 is 0. The Balaban J connectivity index is 1.16. The fourth-order valence-corrected chi connectivity index (χ4v) is 8.14. The molecule has 2 unspecified atom stereocenters. The van der Waals surface area contributed by atoms with Gasteiger partial charge in [-0.25, -0.2) is 0 Å². The summed E-state index contributed by atoms with van der Waals surface area (Å²) in [7, 11) is 0. The molecule has 6 aromatic carbocycles. The molecule has 0 saturated carbocycles. The van der Waals surface area contributed by atoms with Crippen LogP contribution in [0.25, 0.3) is 21.9 Å². The zero-order valence-electron chi connectivity index (χ0n) is 27.9. The van der Waals surface area contributed by atoms with Gasteiger partial charge in [0.25, 0.3) is 0 Å². The van der Waals surface area contributed by atoms with Crippen molar-refractivity contribution in [3.8, 4) is 11.1 Å². The van der Waals surface area contributed by atoms with Crippen LogP contribution in [0.4, 0.5) is 28.4 Å². The summed E-state index contributed by atoms with van der Waals surface area (Å²) in [6.07, 6.45) is 15.8. The molecule has 0 fully saturated rings. The van der Waals surface area contributed by atoms with Crippen molar-refractivity contribution in [2.24, 2.45) is 11.8 Å². The second-order valence-corrected chi connectivity index (χ2v) is 13.8. The van der Waals surface area contributed by atoms with Crippen LogP contribution in [0.15, 0.2) is 188 Å². The molecule has 0 heterocycles. The Kier molecular flexibility index (Phi) is 6.98. The smallest absolute Gasteiger partial charge is 0.0540 e. The van der Waals surface area contributed by atoms with E-state index >= 15 is 0 Å². The second-order valence-electron chi connectivity index (χ2n) is 13.8. The first-order valence-corrected chi connectivity index (χ1v) is 17.3. The summed E-state index contributed by atoms with van der Waals surface area (Å²) in [4.78, 5) is 4.88. The first kappa shape index (κ1) is 29.3. The molecule has 0 spiro atoms. The van der Waals surface area contributed by atoms with E-state index < -0.39 is 0 Å². The average Bonchev–Trinajstić information content (AvgIpc) is 3.38. The zero-order valence-corrected chi connectivity index (χ0v) is 27.9. The van der Waals surface area contributed by atoms with E-state index in [0.29, 0.717) is 5.92 Å². The second kappa shape index (κ2) is 11.7. The Hall–Kier alpha value is -5.86. The summed E-state index contributed by atoms with van der Waals surface area (Å²) >= 11 is 0. The SMILES string of the molecule is CC1(C)c2cc(N(C3=CC=CC4C=CC=CC34)c3ccccc3)ccc2-c2ccc(N(c3ccccc3)c3cccc4ccccc34)cc21. The summed E-state index contributed by atoms with van der Waals surface area (Å²) in [6, 6.07) is 51.0. The molecule has 0 bridgehead atoms. The highest BCUT2D eigenvalue weighted by Crippen LogP contribution is 2.53. The summed E-state index contributed by atoms with van der Waals surface area (Å²) in [5, 5.41) is 2.47. The summed E-state index contributed by atoms with van der Waals surface area (Å²) in [6.45, 7) is 4.77. The molecule has 2 heteroatoms. The van der Waals surface area contributed by atoms with Crippen LogP contribution in [0, 0.1) is 11.8 Å². The number of benzene rings is 6. The molecule has 0 aromatic heterocycles. The van der Waals surface area contributed by atoms with E-state index in [4.69, 9.17) is 0 Å². The number of hydrogen-bond donors (Lipinski definition) is 0. The van der Waals surface area contributed by atoms with Crippen molar-refractivity contribution in [2.75, 3.05) is 9.80 Å². The van der Waals surface area contributed by atoms with Gasteiger partial charge < -0.3 is 9.80 Å². The van der Waals surface area contributed by atoms with Crippen molar-refractivity contribution >= 4 is 39.2 Å². The van der Waals surface area contributed by atoms with Crippen LogP contribution in [-0.4, -0.2) is 0 Å². The van der Waals surface area contributed by atoms with Crippen LogP contribution in [0.5, 0.6) is 0 Å². The standard InChI is InChI=1S/C47H38N2/c1-47(2)43-31-37(48(35-19-5-3-6-20-35)45-25-13-17-33-15-9-11-23-39(33)45)27-29-41(43)42-30-28-38(32-44(42)47)49(36-21-7-4-8-22-36)46-26-14-18-34-16-10-12-24-40(34)46/h3-33,39H,1-2H3. The first-order chi connectivity index (χ1) is 24.1. The number of fused-ring (bicyclic) bond motifs is 5. The van der Waals surface area contributed by atoms with Gasteiger partial charge in [-0.15, -0.1) is 0 Å². The van der Waals surface area contributed by atoms with Crippen molar-refractivity contribution < 1.29 is 0 Å². The van der Waals surface area contributed by atoms with Gasteiger partial charge >= 0.3 is 0 Å². The van der Waals surface area contributed by atoms with Gasteiger partial charge in [-0.1, -0.05) is 135 Å². The monoisotopic (exact) mass is 630 g/mol. The van der Waals surface area contributed by atoms with Gasteiger partial charge in [0.2, 0.25) is 0 Å². The topological polar surface area (TPSA) is 6.48 Å². The maximum Gasteiger partial charge on any atom is 0.0540 e. The van der Waals surface area contributed by atoms with E-state index in [0.717, 1.165) is 11.4 Å². The molecule has 6 aromatic rings. The third-order valence-electron chi connectivity index (χ3n) is 10.6. The lowest BCUT2D eigenvalue weighted by Crippen LogP contribution is -2.28. The minimum Gasteiger partial charge on any atom is -0.314 e. The minimum absolute atomic E-state index is 0.197. The van der Waals surface area contributed by atoms with Gasteiger partial charge in [-0.3, -0.25) is 0 Å². The maximum absolute atomic E-state index is 2.47. The van der Waals surface area contributed by atoms with E-state index in [2.05, 4.69) is 206 Å². The number of rotatable bonds is 6. The molecule has 0 radical (unpaired) electrons. The van der Waals surface area contributed by atoms with Crippen LogP contribution < -0.4 is 9.80 Å². The molecule has 0 saturated heterocycles. The number of allylic oxidation sites excluding steroid dienone is 7. The molecular formula is C47H38N2. The summed E-state index contributed by atoms with van der Waals surface area (Å²) in [5.41, 5.74) is 12.3. The minimum atomic E-state index is -0.197. The molecule has 49 heavy (non-hydrogen) atoms. The van der Waals surface area contributed by atoms with E-state index in [1.165, 1.54) is 55.8 Å². The van der Waals surface area contributed by atoms with Crippen molar-refractivity contribution in [3.63, 3.8) is 0 Å². The molecule has 3 aliphatic carbocycles. The van der Waals surface area contributed by atoms with Crippen molar-refractivity contribution in [2.45, 2.75) is 19.3 Å². The Bertz CT molecular complexity index is 2320. The molecule has 3 aliphatic rings. The van der Waals surface area contributed by atoms with E-state index in [-0.39, 0.29) is 11.3 Å². The third kappa shape index (κ3) is 4.86. The Morgan fingerprint density at radius 3 is 1.78 bits per heavy atom. The number of nitrogens with zero attached hydrogens (tertiary/aromatic N) is 2. The van der Waals surface area contributed by atoms with E-state index in [1.807, 2.05) is 0 Å². The molecule has 236 valence electrons. The van der Waals surface area contributed by atoms with Gasteiger partial charge in [-0.2, -0.15) is 0 Å². The highest BCUT2D eigenvalue weighted by Gasteiger charge is 2.37. The average molecular weight is 631 g/mol. The van der Waals surface area contributed by atoms with Crippen molar-refractivity contribution in [1.29, 1.82) is 0 Å². The first-order valence-electron chi connectivity index (χ1n) is 17.3. The van der Waals surface area contributed by atoms with Crippen LogP contribution in [0.3, 0.4) is 0 Å². The predicted octanol–water partition coefficient (Wildman–Crippen LogP) is 12.6. The highest BCUT2D eigenvalue weighted by molar-refractivity contribution is 5.99. The van der Waals surface area contributed by atoms with Crippen LogP contribution in [0.2, 0.25) is 0 Å². The fourth-order valence-electron chi connectivity index (χ4n) is 8.14. The van der Waals surface area contributed by atoms with Gasteiger partial charge in [0.15, 0.2) is 0 Å². The Morgan fingerprint density at radius 1 is 0.490 bits per heavy atom. The quantitative estimate of drug-likeness (QED) is 0.181. The predicted molar refractivity (Wildman–Crippen MR) is 207 cm³/mol. The fraction of sp³-hybridized carbons (Fsp3) is 0.106. The molecule has 0 aliphatic heterocycles. The van der Waals surface area contributed by atoms with Crippen LogP contribution >= 0.6 is 0 Å². The third-order valence-corrected chi connectivity index (χ3v) is 10.6. The maximum atomic E-state index is 2.47. The lowest BCUT2D eigenvalue weighted by atomic mass is 9.81. The Morgan fingerprint density at radius 2 is 1.06 bits per heavy atom. The largest absolute Gasteiger partial charge is 0.314 e.